The van der Waals surface area contributed by atoms with Crippen LogP contribution in [0.2, 0.25) is 0 Å². The van der Waals surface area contributed by atoms with Gasteiger partial charge in [-0.1, -0.05) is 26.7 Å². The van der Waals surface area contributed by atoms with Gasteiger partial charge in [0.05, 0.1) is 12.8 Å². The molecule has 0 aliphatic rings. The van der Waals surface area contributed by atoms with E-state index in [1.165, 1.54) is 6.42 Å². The summed E-state index contributed by atoms with van der Waals surface area (Å²) in [6.07, 6.45) is 3.32. The predicted octanol–water partition coefficient (Wildman–Crippen LogP) is 3.22. The maximum Gasteiger partial charge on any atom is 0.251 e. The second-order valence-corrected chi connectivity index (χ2v) is 5.66. The molecule has 0 aliphatic carbocycles. The average Bonchev–Trinajstić information content (AvgIpc) is 2.38. The third-order valence-electron chi connectivity index (χ3n) is 3.29. The number of anilines is 1. The van der Waals surface area contributed by atoms with Crippen LogP contribution >= 0.6 is 0 Å². The number of methoxy groups -OCH3 is 1. The van der Waals surface area contributed by atoms with Crippen molar-refractivity contribution in [3.63, 3.8) is 0 Å². The smallest absolute Gasteiger partial charge is 0.251 e. The van der Waals surface area contributed by atoms with Crippen LogP contribution in [0.1, 0.15) is 50.4 Å². The first-order valence-corrected chi connectivity index (χ1v) is 7.18. The van der Waals surface area contributed by atoms with E-state index in [4.69, 9.17) is 10.5 Å². The summed E-state index contributed by atoms with van der Waals surface area (Å²) in [5.74, 6) is 1.16. The molecule has 1 atom stereocenters. The molecule has 1 amide bonds. The Hall–Kier alpha value is -1.71. The van der Waals surface area contributed by atoms with Crippen LogP contribution in [0.3, 0.4) is 0 Å². The Balaban J connectivity index is 2.53. The highest BCUT2D eigenvalue weighted by Crippen LogP contribution is 2.22. The maximum absolute atomic E-state index is 12.1. The number of hydrogen-bond donors (Lipinski definition) is 2. The Morgan fingerprint density at radius 3 is 2.60 bits per heavy atom. The van der Waals surface area contributed by atoms with Crippen molar-refractivity contribution in [2.75, 3.05) is 12.8 Å². The average molecular weight is 278 g/mol. The number of nitrogens with one attached hydrogen (secondary N) is 1. The number of rotatable bonds is 7. The SMILES string of the molecule is COc1cc(C(=O)NC(C)CCCC(C)C)ccc1N. The zero-order valence-corrected chi connectivity index (χ0v) is 12.9. The van der Waals surface area contributed by atoms with Crippen molar-refractivity contribution in [3.8, 4) is 5.75 Å². The molecule has 0 bridgehead atoms. The molecule has 1 aromatic rings. The normalized spacial score (nSPS) is 12.2. The highest BCUT2D eigenvalue weighted by molar-refractivity contribution is 5.95. The van der Waals surface area contributed by atoms with Gasteiger partial charge < -0.3 is 15.8 Å². The summed E-state index contributed by atoms with van der Waals surface area (Å²) in [5, 5.41) is 3.01. The number of carbonyl (C=O) groups excluding carboxylic acids is 1. The first-order chi connectivity index (χ1) is 9.43. The lowest BCUT2D eigenvalue weighted by molar-refractivity contribution is 0.0937. The molecule has 0 fully saturated rings. The van der Waals surface area contributed by atoms with Crippen molar-refractivity contribution in [2.45, 2.75) is 46.1 Å². The molecule has 0 aromatic heterocycles. The number of amides is 1. The van der Waals surface area contributed by atoms with Crippen molar-refractivity contribution in [1.29, 1.82) is 0 Å². The largest absolute Gasteiger partial charge is 0.495 e. The summed E-state index contributed by atoms with van der Waals surface area (Å²) in [6.45, 7) is 6.46. The van der Waals surface area contributed by atoms with E-state index in [1.54, 1.807) is 25.3 Å². The summed E-state index contributed by atoms with van der Waals surface area (Å²) in [6, 6.07) is 5.25. The molecule has 1 unspecified atom stereocenters. The highest BCUT2D eigenvalue weighted by Gasteiger charge is 2.11. The molecular weight excluding hydrogens is 252 g/mol. The topological polar surface area (TPSA) is 64.3 Å². The van der Waals surface area contributed by atoms with E-state index in [0.29, 0.717) is 22.9 Å². The van der Waals surface area contributed by atoms with Crippen LogP contribution in [0.25, 0.3) is 0 Å². The minimum atomic E-state index is -0.0830. The lowest BCUT2D eigenvalue weighted by Gasteiger charge is -2.15. The zero-order valence-electron chi connectivity index (χ0n) is 12.9. The maximum atomic E-state index is 12.1. The van der Waals surface area contributed by atoms with Gasteiger partial charge in [0.25, 0.3) is 5.91 Å². The summed E-state index contributed by atoms with van der Waals surface area (Å²) >= 11 is 0. The van der Waals surface area contributed by atoms with Gasteiger partial charge in [0.1, 0.15) is 5.75 Å². The van der Waals surface area contributed by atoms with Gasteiger partial charge in [-0.25, -0.2) is 0 Å². The van der Waals surface area contributed by atoms with Gasteiger partial charge in [-0.15, -0.1) is 0 Å². The van der Waals surface area contributed by atoms with Crippen LogP contribution in [0.4, 0.5) is 5.69 Å². The van der Waals surface area contributed by atoms with Gasteiger partial charge in [-0.05, 0) is 37.5 Å². The second kappa shape index (κ2) is 7.78. The van der Waals surface area contributed by atoms with E-state index in [1.807, 2.05) is 6.92 Å². The van der Waals surface area contributed by atoms with Crippen LogP contribution in [0.15, 0.2) is 18.2 Å². The van der Waals surface area contributed by atoms with Crippen LogP contribution in [0, 0.1) is 5.92 Å². The van der Waals surface area contributed by atoms with Gasteiger partial charge in [0.2, 0.25) is 0 Å². The van der Waals surface area contributed by atoms with E-state index in [2.05, 4.69) is 19.2 Å². The fourth-order valence-electron chi connectivity index (χ4n) is 2.06. The van der Waals surface area contributed by atoms with Gasteiger partial charge >= 0.3 is 0 Å². The Kier molecular flexibility index (Phi) is 6.36. The first-order valence-electron chi connectivity index (χ1n) is 7.18. The molecule has 0 heterocycles. The zero-order chi connectivity index (χ0) is 15.1. The highest BCUT2D eigenvalue weighted by atomic mass is 16.5. The van der Waals surface area contributed by atoms with Crippen molar-refractivity contribution < 1.29 is 9.53 Å². The third-order valence-corrected chi connectivity index (χ3v) is 3.29. The molecule has 112 valence electrons. The Morgan fingerprint density at radius 2 is 2.00 bits per heavy atom. The minimum absolute atomic E-state index is 0.0830. The quantitative estimate of drug-likeness (QED) is 0.753. The van der Waals surface area contributed by atoms with Gasteiger partial charge in [-0.3, -0.25) is 4.79 Å². The fourth-order valence-corrected chi connectivity index (χ4v) is 2.06. The van der Waals surface area contributed by atoms with E-state index in [9.17, 15) is 4.79 Å². The van der Waals surface area contributed by atoms with Gasteiger partial charge in [-0.2, -0.15) is 0 Å². The molecule has 0 spiro atoms. The number of hydrogen-bond acceptors (Lipinski definition) is 3. The molecule has 0 saturated heterocycles. The van der Waals surface area contributed by atoms with Gasteiger partial charge in [0.15, 0.2) is 0 Å². The lowest BCUT2D eigenvalue weighted by atomic mass is 10.0. The molecule has 0 saturated carbocycles. The Bertz CT molecular complexity index is 444. The Labute approximate surface area is 121 Å². The molecule has 0 aliphatic heterocycles. The minimum Gasteiger partial charge on any atom is -0.495 e. The molecule has 20 heavy (non-hydrogen) atoms. The summed E-state index contributed by atoms with van der Waals surface area (Å²) in [4.78, 5) is 12.1. The van der Waals surface area contributed by atoms with Gasteiger partial charge in [0, 0.05) is 11.6 Å². The fraction of sp³-hybridized carbons (Fsp3) is 0.562. The summed E-state index contributed by atoms with van der Waals surface area (Å²) in [7, 11) is 1.54. The monoisotopic (exact) mass is 278 g/mol. The molecule has 1 aromatic carbocycles. The van der Waals surface area contributed by atoms with Crippen molar-refractivity contribution in [1.82, 2.24) is 5.32 Å². The molecule has 4 nitrogen and oxygen atoms in total. The number of benzene rings is 1. The van der Waals surface area contributed by atoms with Crippen molar-refractivity contribution in [3.05, 3.63) is 23.8 Å². The van der Waals surface area contributed by atoms with Crippen LogP contribution in [-0.2, 0) is 0 Å². The molecular formula is C16H26N2O2. The summed E-state index contributed by atoms with van der Waals surface area (Å²) in [5.41, 5.74) is 6.85. The predicted molar refractivity (Wildman–Crippen MR) is 83.0 cm³/mol. The molecule has 1 rings (SSSR count). The molecule has 4 heteroatoms. The van der Waals surface area contributed by atoms with Crippen molar-refractivity contribution >= 4 is 11.6 Å². The Morgan fingerprint density at radius 1 is 1.30 bits per heavy atom. The van der Waals surface area contributed by atoms with Crippen LogP contribution in [0.5, 0.6) is 5.75 Å². The van der Waals surface area contributed by atoms with Crippen molar-refractivity contribution in [2.24, 2.45) is 5.92 Å². The summed E-state index contributed by atoms with van der Waals surface area (Å²) < 4.78 is 5.13. The van der Waals surface area contributed by atoms with Crippen LogP contribution in [-0.4, -0.2) is 19.1 Å². The number of carbonyl (C=O) groups is 1. The van der Waals surface area contributed by atoms with E-state index in [-0.39, 0.29) is 11.9 Å². The second-order valence-electron chi connectivity index (χ2n) is 5.66. The van der Waals surface area contributed by atoms with E-state index < -0.39 is 0 Å². The lowest BCUT2D eigenvalue weighted by Crippen LogP contribution is -2.32. The van der Waals surface area contributed by atoms with E-state index >= 15 is 0 Å². The van der Waals surface area contributed by atoms with E-state index in [0.717, 1.165) is 12.8 Å². The molecule has 0 radical (unpaired) electrons. The van der Waals surface area contributed by atoms with Crippen LogP contribution < -0.4 is 15.8 Å². The third kappa shape index (κ3) is 5.11. The number of nitrogens with two attached hydrogens (primary N) is 1. The molecule has 3 N–H and O–H groups in total. The number of ether oxygens (including phenoxy) is 1. The first kappa shape index (κ1) is 16.3. The standard InChI is InChI=1S/C16H26N2O2/c1-11(2)6-5-7-12(3)18-16(19)13-8-9-14(17)15(10-13)20-4/h8-12H,5-7,17H2,1-4H3,(H,18,19). The number of nitrogen functional groups attached to an aromatic ring is 1.